The zero-order valence-electron chi connectivity index (χ0n) is 34.0. The standard InChI is InChI=1S/C60H40N2/c1-2-20-45(21-3-1)61(46-36-33-42(34-37-46)48-29-16-19-41-17-4-6-22-47(41)48)60-38-35-44(40-56(60)55-39-43-18-5-7-23-49(43)51-25-8-9-26-52(51)55)50-24-10-13-30-57(50)62-58-31-14-11-27-53(58)54-28-12-15-32-59(54)62/h1-40H. The van der Waals surface area contributed by atoms with Crippen molar-refractivity contribution >= 4 is 71.2 Å². The van der Waals surface area contributed by atoms with Crippen molar-refractivity contribution in [3.8, 4) is 39.1 Å². The van der Waals surface area contributed by atoms with Crippen molar-refractivity contribution < 1.29 is 0 Å². The lowest BCUT2D eigenvalue weighted by Crippen LogP contribution is -2.11. The predicted octanol–water partition coefficient (Wildman–Crippen LogP) is 16.7. The molecule has 0 aliphatic carbocycles. The van der Waals surface area contributed by atoms with E-state index >= 15 is 0 Å². The molecule has 0 spiro atoms. The molecule has 0 saturated heterocycles. The minimum atomic E-state index is 1.09. The third-order valence-corrected chi connectivity index (χ3v) is 12.6. The molecule has 0 saturated carbocycles. The lowest BCUT2D eigenvalue weighted by molar-refractivity contribution is 1.18. The van der Waals surface area contributed by atoms with E-state index in [0.717, 1.165) is 33.9 Å². The molecule has 0 radical (unpaired) electrons. The van der Waals surface area contributed by atoms with E-state index in [9.17, 15) is 0 Å². The second kappa shape index (κ2) is 14.8. The molecule has 2 nitrogen and oxygen atoms in total. The van der Waals surface area contributed by atoms with Gasteiger partial charge in [0.1, 0.15) is 0 Å². The van der Waals surface area contributed by atoms with E-state index in [1.807, 2.05) is 0 Å². The monoisotopic (exact) mass is 788 g/mol. The average molecular weight is 789 g/mol. The highest BCUT2D eigenvalue weighted by Gasteiger charge is 2.22. The fraction of sp³-hybridized carbons (Fsp3) is 0. The lowest BCUT2D eigenvalue weighted by atomic mass is 9.90. The molecule has 290 valence electrons. The van der Waals surface area contributed by atoms with Gasteiger partial charge >= 0.3 is 0 Å². The van der Waals surface area contributed by atoms with Gasteiger partial charge in [0.15, 0.2) is 0 Å². The summed E-state index contributed by atoms with van der Waals surface area (Å²) in [6.07, 6.45) is 0. The molecule has 12 rings (SSSR count). The zero-order valence-corrected chi connectivity index (χ0v) is 34.0. The Morgan fingerprint density at radius 3 is 1.56 bits per heavy atom. The first-order valence-corrected chi connectivity index (χ1v) is 21.3. The highest BCUT2D eigenvalue weighted by atomic mass is 15.1. The molecule has 1 heterocycles. The Kier molecular flexibility index (Phi) is 8.53. The number of rotatable bonds is 7. The van der Waals surface area contributed by atoms with Gasteiger partial charge in [0.2, 0.25) is 0 Å². The van der Waals surface area contributed by atoms with Crippen LogP contribution in [-0.4, -0.2) is 4.57 Å². The molecule has 0 amide bonds. The smallest absolute Gasteiger partial charge is 0.0541 e. The van der Waals surface area contributed by atoms with Crippen LogP contribution in [-0.2, 0) is 0 Å². The summed E-state index contributed by atoms with van der Waals surface area (Å²) in [5.74, 6) is 0. The first kappa shape index (κ1) is 35.7. The molecule has 11 aromatic carbocycles. The van der Waals surface area contributed by atoms with Crippen molar-refractivity contribution in [2.24, 2.45) is 0 Å². The van der Waals surface area contributed by atoms with Gasteiger partial charge < -0.3 is 9.47 Å². The highest BCUT2D eigenvalue weighted by Crippen LogP contribution is 2.47. The van der Waals surface area contributed by atoms with Gasteiger partial charge in [-0.1, -0.05) is 182 Å². The minimum Gasteiger partial charge on any atom is -0.310 e. The van der Waals surface area contributed by atoms with E-state index in [2.05, 4.69) is 252 Å². The van der Waals surface area contributed by atoms with Crippen molar-refractivity contribution in [3.05, 3.63) is 243 Å². The predicted molar refractivity (Wildman–Crippen MR) is 264 cm³/mol. The van der Waals surface area contributed by atoms with E-state index in [1.165, 1.54) is 76.4 Å². The van der Waals surface area contributed by atoms with E-state index < -0.39 is 0 Å². The van der Waals surface area contributed by atoms with Gasteiger partial charge in [-0.2, -0.15) is 0 Å². The maximum Gasteiger partial charge on any atom is 0.0541 e. The van der Waals surface area contributed by atoms with E-state index in [1.54, 1.807) is 0 Å². The molecule has 1 aromatic heterocycles. The number of benzene rings is 11. The molecule has 0 bridgehead atoms. The Morgan fingerprint density at radius 2 is 0.806 bits per heavy atom. The Bertz CT molecular complexity index is 3580. The van der Waals surface area contributed by atoms with Crippen LogP contribution in [0.3, 0.4) is 0 Å². The third-order valence-electron chi connectivity index (χ3n) is 12.6. The summed E-state index contributed by atoms with van der Waals surface area (Å²) in [5, 5.41) is 9.94. The van der Waals surface area contributed by atoms with E-state index in [0.29, 0.717) is 0 Å². The molecule has 62 heavy (non-hydrogen) atoms. The van der Waals surface area contributed by atoms with Gasteiger partial charge in [-0.15, -0.1) is 0 Å². The van der Waals surface area contributed by atoms with Gasteiger partial charge in [-0.25, -0.2) is 0 Å². The normalized spacial score (nSPS) is 11.5. The molecule has 0 aliphatic heterocycles. The molecular formula is C60H40N2. The molecule has 0 N–H and O–H groups in total. The number of anilines is 3. The topological polar surface area (TPSA) is 8.17 Å². The van der Waals surface area contributed by atoms with E-state index in [4.69, 9.17) is 0 Å². The van der Waals surface area contributed by atoms with Gasteiger partial charge in [-0.3, -0.25) is 0 Å². The number of hydrogen-bond donors (Lipinski definition) is 0. The maximum atomic E-state index is 2.44. The van der Waals surface area contributed by atoms with Crippen molar-refractivity contribution in [2.45, 2.75) is 0 Å². The molecule has 0 atom stereocenters. The maximum absolute atomic E-state index is 2.44. The molecule has 0 aliphatic rings. The number of nitrogens with zero attached hydrogens (tertiary/aromatic N) is 2. The van der Waals surface area contributed by atoms with Crippen molar-refractivity contribution in [1.29, 1.82) is 0 Å². The van der Waals surface area contributed by atoms with Crippen LogP contribution in [0.4, 0.5) is 17.1 Å². The van der Waals surface area contributed by atoms with Crippen LogP contribution in [0.15, 0.2) is 243 Å². The average Bonchev–Trinajstić information content (AvgIpc) is 3.68. The number of hydrogen-bond acceptors (Lipinski definition) is 1. The summed E-state index contributed by atoms with van der Waals surface area (Å²) >= 11 is 0. The van der Waals surface area contributed by atoms with Crippen LogP contribution < -0.4 is 4.90 Å². The van der Waals surface area contributed by atoms with Gasteiger partial charge in [0, 0.05) is 33.3 Å². The number of para-hydroxylation sites is 4. The summed E-state index contributed by atoms with van der Waals surface area (Å²) in [7, 11) is 0. The number of fused-ring (bicyclic) bond motifs is 7. The Balaban J connectivity index is 1.11. The van der Waals surface area contributed by atoms with Crippen LogP contribution in [0.5, 0.6) is 0 Å². The minimum absolute atomic E-state index is 1.09. The molecule has 12 aromatic rings. The Hall–Kier alpha value is -8.20. The molecule has 0 unspecified atom stereocenters. The largest absolute Gasteiger partial charge is 0.310 e. The van der Waals surface area contributed by atoms with Crippen LogP contribution in [0.1, 0.15) is 0 Å². The first-order chi connectivity index (χ1) is 30.8. The van der Waals surface area contributed by atoms with Gasteiger partial charge in [0.05, 0.1) is 22.4 Å². The zero-order chi connectivity index (χ0) is 41.0. The SMILES string of the molecule is c1ccc(N(c2ccc(-c3cccc4ccccc34)cc2)c2ccc(-c3ccccc3-n3c4ccccc4c4ccccc43)cc2-c2cc3ccccc3c3ccccc23)cc1. The third kappa shape index (κ3) is 5.88. The summed E-state index contributed by atoms with van der Waals surface area (Å²) < 4.78 is 2.44. The van der Waals surface area contributed by atoms with Crippen LogP contribution >= 0.6 is 0 Å². The van der Waals surface area contributed by atoms with Crippen molar-refractivity contribution in [1.82, 2.24) is 4.57 Å². The van der Waals surface area contributed by atoms with Crippen molar-refractivity contribution in [3.63, 3.8) is 0 Å². The van der Waals surface area contributed by atoms with E-state index in [-0.39, 0.29) is 0 Å². The van der Waals surface area contributed by atoms with Crippen LogP contribution in [0, 0.1) is 0 Å². The fourth-order valence-electron chi connectivity index (χ4n) is 9.76. The summed E-state index contributed by atoms with van der Waals surface area (Å²) in [6, 6.07) is 88.6. The lowest BCUT2D eigenvalue weighted by Gasteiger charge is -2.29. The summed E-state index contributed by atoms with van der Waals surface area (Å²) in [6.45, 7) is 0. The highest BCUT2D eigenvalue weighted by molar-refractivity contribution is 6.15. The summed E-state index contributed by atoms with van der Waals surface area (Å²) in [5.41, 5.74) is 13.9. The second-order valence-corrected chi connectivity index (χ2v) is 16.1. The van der Waals surface area contributed by atoms with Gasteiger partial charge in [-0.05, 0) is 115 Å². The van der Waals surface area contributed by atoms with Gasteiger partial charge in [0.25, 0.3) is 0 Å². The molecular weight excluding hydrogens is 749 g/mol. The Labute approximate surface area is 360 Å². The fourth-order valence-corrected chi connectivity index (χ4v) is 9.76. The quantitative estimate of drug-likeness (QED) is 0.146. The van der Waals surface area contributed by atoms with Crippen LogP contribution in [0.25, 0.3) is 93.2 Å². The summed E-state index contributed by atoms with van der Waals surface area (Å²) in [4.78, 5) is 2.43. The number of aromatic nitrogens is 1. The van der Waals surface area contributed by atoms with Crippen LogP contribution in [0.2, 0.25) is 0 Å². The molecule has 2 heteroatoms. The first-order valence-electron chi connectivity index (χ1n) is 21.3. The molecule has 0 fully saturated rings. The van der Waals surface area contributed by atoms with Crippen molar-refractivity contribution in [2.75, 3.05) is 4.90 Å². The Morgan fingerprint density at radius 1 is 0.274 bits per heavy atom. The second-order valence-electron chi connectivity index (χ2n) is 16.1.